The van der Waals surface area contributed by atoms with E-state index in [1.54, 1.807) is 0 Å². The lowest BCUT2D eigenvalue weighted by Crippen LogP contribution is -2.30. The largest absolute Gasteiger partial charge is 0.472 e. The van der Waals surface area contributed by atoms with Crippen LogP contribution < -0.4 is 0 Å². The van der Waals surface area contributed by atoms with Gasteiger partial charge in [-0.2, -0.15) is 0 Å². The van der Waals surface area contributed by atoms with Crippen molar-refractivity contribution < 1.29 is 80.2 Å². The molecular formula is C90H176O17P2. The maximum absolute atomic E-state index is 13.2. The molecule has 0 rings (SSSR count). The number of aliphatic hydroxyl groups is 1. The molecule has 0 amide bonds. The number of carbonyl (C=O) groups excluding carboxylic acids is 4. The Bertz CT molecular complexity index is 2110. The van der Waals surface area contributed by atoms with Gasteiger partial charge >= 0.3 is 39.5 Å². The Morgan fingerprint density at radius 1 is 0.257 bits per heavy atom. The predicted molar refractivity (Wildman–Crippen MR) is 451 cm³/mol. The Kier molecular flexibility index (Phi) is 77.2. The fourth-order valence-electron chi connectivity index (χ4n) is 14.0. The molecule has 0 spiro atoms. The van der Waals surface area contributed by atoms with Crippen LogP contribution in [0.1, 0.15) is 473 Å². The minimum Gasteiger partial charge on any atom is -0.462 e. The summed E-state index contributed by atoms with van der Waals surface area (Å²) < 4.78 is 69.0. The number of hydrogen-bond acceptors (Lipinski definition) is 15. The smallest absolute Gasteiger partial charge is 0.462 e. The highest BCUT2D eigenvalue weighted by Gasteiger charge is 2.31. The third-order valence-electron chi connectivity index (χ3n) is 21.4. The molecule has 0 aliphatic carbocycles. The zero-order valence-corrected chi connectivity index (χ0v) is 74.0. The maximum Gasteiger partial charge on any atom is 0.472 e. The molecule has 0 aliphatic heterocycles. The molecule has 0 saturated carbocycles. The van der Waals surface area contributed by atoms with E-state index in [0.29, 0.717) is 31.6 Å². The summed E-state index contributed by atoms with van der Waals surface area (Å²) in [6.45, 7) is 14.4. The van der Waals surface area contributed by atoms with E-state index in [2.05, 4.69) is 55.4 Å². The number of unbranched alkanes of at least 4 members (excludes halogenated alkanes) is 52. The Labute approximate surface area is 670 Å². The average Bonchev–Trinajstić information content (AvgIpc) is 0.906. The lowest BCUT2D eigenvalue weighted by molar-refractivity contribution is -0.161. The monoisotopic (exact) mass is 1590 g/mol. The van der Waals surface area contributed by atoms with Crippen LogP contribution in [-0.2, 0) is 65.4 Å². The van der Waals surface area contributed by atoms with E-state index in [4.69, 9.17) is 37.0 Å². The lowest BCUT2D eigenvalue weighted by Gasteiger charge is -2.21. The molecule has 19 heteroatoms. The van der Waals surface area contributed by atoms with Crippen LogP contribution in [0.4, 0.5) is 0 Å². The Balaban J connectivity index is 5.21. The van der Waals surface area contributed by atoms with Crippen molar-refractivity contribution in [3.63, 3.8) is 0 Å². The van der Waals surface area contributed by atoms with Crippen LogP contribution in [-0.4, -0.2) is 96.7 Å². The lowest BCUT2D eigenvalue weighted by atomic mass is 9.99. The Morgan fingerprint density at radius 3 is 0.651 bits per heavy atom. The fourth-order valence-corrected chi connectivity index (χ4v) is 15.6. The standard InChI is InChI=1S/C90H176O17P2/c1-9-83(8)69-61-53-45-37-31-25-19-12-10-11-13-20-27-33-39-47-56-64-73-90(95)107-86(77-101-88(93)71-63-55-49-41-44-52-60-68-82(6)7)79-105-109(98,99)103-75-84(91)74-102-108(96,97)104-78-85(76-100-87(92)70-62-54-46-38-32-26-22-16-18-24-30-36-43-51-59-67-81(4)5)106-89(94)72-65-57-48-40-34-28-21-15-14-17-23-29-35-42-50-58-66-80(2)3/h80-86,91H,9-79H2,1-8H3,(H,96,97)(H,98,99)/t83?,84?,85-,86-/m1/s1. The van der Waals surface area contributed by atoms with Crippen LogP contribution in [0.15, 0.2) is 0 Å². The highest BCUT2D eigenvalue weighted by atomic mass is 31.2. The van der Waals surface area contributed by atoms with Crippen molar-refractivity contribution in [3.8, 4) is 0 Å². The van der Waals surface area contributed by atoms with E-state index in [0.717, 1.165) is 114 Å². The summed E-state index contributed by atoms with van der Waals surface area (Å²) >= 11 is 0. The number of rotatable bonds is 87. The molecule has 0 saturated heterocycles. The molecule has 0 heterocycles. The van der Waals surface area contributed by atoms with Gasteiger partial charge in [0.1, 0.15) is 19.3 Å². The molecule has 0 aromatic heterocycles. The second kappa shape index (κ2) is 78.6. The fraction of sp³-hybridized carbons (Fsp3) is 0.956. The number of phosphoric ester groups is 2. The minimum absolute atomic E-state index is 0.107. The van der Waals surface area contributed by atoms with Crippen molar-refractivity contribution in [3.05, 3.63) is 0 Å². The summed E-state index contributed by atoms with van der Waals surface area (Å²) in [6.07, 6.45) is 69.5. The van der Waals surface area contributed by atoms with Gasteiger partial charge in [0.15, 0.2) is 12.2 Å². The molecule has 0 radical (unpaired) electrons. The number of ether oxygens (including phenoxy) is 4. The van der Waals surface area contributed by atoms with Crippen LogP contribution in [0.5, 0.6) is 0 Å². The first-order valence-electron chi connectivity index (χ1n) is 46.2. The summed E-state index contributed by atoms with van der Waals surface area (Å²) in [5.41, 5.74) is 0. The summed E-state index contributed by atoms with van der Waals surface area (Å²) in [6, 6.07) is 0. The summed E-state index contributed by atoms with van der Waals surface area (Å²) in [4.78, 5) is 73.3. The van der Waals surface area contributed by atoms with Gasteiger partial charge in [-0.15, -0.1) is 0 Å². The van der Waals surface area contributed by atoms with Crippen molar-refractivity contribution in [2.45, 2.75) is 491 Å². The molecule has 3 N–H and O–H groups in total. The van der Waals surface area contributed by atoms with Gasteiger partial charge in [-0.3, -0.25) is 37.3 Å². The van der Waals surface area contributed by atoms with Crippen LogP contribution in [0, 0.1) is 23.7 Å². The van der Waals surface area contributed by atoms with E-state index < -0.39 is 97.5 Å². The molecule has 4 unspecified atom stereocenters. The second-order valence-electron chi connectivity index (χ2n) is 34.0. The number of hydrogen-bond donors (Lipinski definition) is 3. The predicted octanol–water partition coefficient (Wildman–Crippen LogP) is 27.5. The van der Waals surface area contributed by atoms with Crippen LogP contribution in [0.3, 0.4) is 0 Å². The molecule has 6 atom stereocenters. The molecular weight excluding hydrogens is 1410 g/mol. The SMILES string of the molecule is CCC(C)CCCCCCCCCCCCCCCCCCCCC(=O)O[C@H](COC(=O)CCCCCCCCCC(C)C)COP(=O)(O)OCC(O)COP(=O)(O)OC[C@@H](COC(=O)CCCCCCCCCCCCCCCCCC(C)C)OC(=O)CCCCCCCCCCCCCCCCCCC(C)C. The van der Waals surface area contributed by atoms with Crippen molar-refractivity contribution >= 4 is 39.5 Å². The molecule has 0 aliphatic rings. The van der Waals surface area contributed by atoms with E-state index in [9.17, 15) is 43.2 Å². The van der Waals surface area contributed by atoms with E-state index in [1.165, 1.54) is 270 Å². The number of phosphoric acid groups is 2. The van der Waals surface area contributed by atoms with E-state index in [-0.39, 0.29) is 25.7 Å². The van der Waals surface area contributed by atoms with Gasteiger partial charge in [-0.1, -0.05) is 421 Å². The molecule has 0 bridgehead atoms. The van der Waals surface area contributed by atoms with Gasteiger partial charge in [0.05, 0.1) is 26.4 Å². The first-order chi connectivity index (χ1) is 52.6. The van der Waals surface area contributed by atoms with Crippen molar-refractivity contribution in [1.29, 1.82) is 0 Å². The van der Waals surface area contributed by atoms with Crippen LogP contribution in [0.2, 0.25) is 0 Å². The normalized spacial score (nSPS) is 14.1. The van der Waals surface area contributed by atoms with Crippen molar-refractivity contribution in [1.82, 2.24) is 0 Å². The van der Waals surface area contributed by atoms with Crippen LogP contribution >= 0.6 is 15.6 Å². The molecule has 0 aromatic carbocycles. The summed E-state index contributed by atoms with van der Waals surface area (Å²) in [5.74, 6) is 1.09. The van der Waals surface area contributed by atoms with E-state index >= 15 is 0 Å². The Hall–Kier alpha value is -1.94. The molecule has 109 heavy (non-hydrogen) atoms. The maximum atomic E-state index is 13.2. The summed E-state index contributed by atoms with van der Waals surface area (Å²) in [7, 11) is -9.94. The van der Waals surface area contributed by atoms with Gasteiger partial charge in [0, 0.05) is 25.7 Å². The molecule has 648 valence electrons. The molecule has 0 fully saturated rings. The molecule has 0 aromatic rings. The zero-order valence-electron chi connectivity index (χ0n) is 72.2. The first-order valence-corrected chi connectivity index (χ1v) is 49.2. The molecule has 17 nitrogen and oxygen atoms in total. The third kappa shape index (κ3) is 82.4. The summed E-state index contributed by atoms with van der Waals surface area (Å²) in [5, 5.41) is 10.7. The quantitative estimate of drug-likeness (QED) is 0.0222. The second-order valence-corrected chi connectivity index (χ2v) is 36.9. The Morgan fingerprint density at radius 2 is 0.440 bits per heavy atom. The minimum atomic E-state index is -4.97. The highest BCUT2D eigenvalue weighted by Crippen LogP contribution is 2.45. The average molecular weight is 1590 g/mol. The van der Waals surface area contributed by atoms with Gasteiger partial charge in [-0.25, -0.2) is 9.13 Å². The van der Waals surface area contributed by atoms with Gasteiger partial charge in [0.25, 0.3) is 0 Å². The zero-order chi connectivity index (χ0) is 80.2. The van der Waals surface area contributed by atoms with Gasteiger partial charge < -0.3 is 33.8 Å². The van der Waals surface area contributed by atoms with Gasteiger partial charge in [-0.05, 0) is 49.4 Å². The van der Waals surface area contributed by atoms with Gasteiger partial charge in [0.2, 0.25) is 0 Å². The van der Waals surface area contributed by atoms with E-state index in [1.807, 2.05) is 0 Å². The van der Waals surface area contributed by atoms with Crippen molar-refractivity contribution in [2.75, 3.05) is 39.6 Å². The highest BCUT2D eigenvalue weighted by molar-refractivity contribution is 7.47. The first kappa shape index (κ1) is 107. The number of esters is 4. The third-order valence-corrected chi connectivity index (χ3v) is 23.3. The number of aliphatic hydroxyl groups excluding tert-OH is 1. The number of carbonyl (C=O) groups is 4. The van der Waals surface area contributed by atoms with Crippen molar-refractivity contribution in [2.24, 2.45) is 23.7 Å². The topological polar surface area (TPSA) is 237 Å². The van der Waals surface area contributed by atoms with Crippen LogP contribution in [0.25, 0.3) is 0 Å².